The van der Waals surface area contributed by atoms with Gasteiger partial charge in [-0.1, -0.05) is 6.07 Å². The summed E-state index contributed by atoms with van der Waals surface area (Å²) in [6.07, 6.45) is 3.50. The Balaban J connectivity index is 2.08. The number of hydrogen-bond donors (Lipinski definition) is 3. The number of aryl methyl sites for hydroxylation is 1. The predicted octanol–water partition coefficient (Wildman–Crippen LogP) is 2.41. The molecule has 1 aromatic heterocycles. The van der Waals surface area contributed by atoms with E-state index < -0.39 is 0 Å². The van der Waals surface area contributed by atoms with Crippen LogP contribution in [0.1, 0.15) is 11.1 Å². The Morgan fingerprint density at radius 3 is 2.71 bits per heavy atom. The van der Waals surface area contributed by atoms with Crippen LogP contribution in [-0.4, -0.2) is 15.2 Å². The largest absolute Gasteiger partial charge is 0.504 e. The van der Waals surface area contributed by atoms with Crippen LogP contribution in [-0.2, 0) is 6.54 Å². The lowest BCUT2D eigenvalue weighted by Crippen LogP contribution is -2.01. The molecule has 4 nitrogen and oxygen atoms in total. The molecule has 2 rings (SSSR count). The molecule has 0 aliphatic rings. The highest BCUT2D eigenvalue weighted by molar-refractivity contribution is 5.49. The fourth-order valence-electron chi connectivity index (χ4n) is 1.53. The number of phenolic OH excluding ortho intramolecular Hbond substituents is 2. The van der Waals surface area contributed by atoms with Crippen LogP contribution >= 0.6 is 0 Å². The van der Waals surface area contributed by atoms with Crippen LogP contribution in [0.15, 0.2) is 36.7 Å². The maximum Gasteiger partial charge on any atom is 0.157 e. The van der Waals surface area contributed by atoms with Gasteiger partial charge in [-0.3, -0.25) is 4.98 Å². The van der Waals surface area contributed by atoms with Gasteiger partial charge in [-0.25, -0.2) is 0 Å². The van der Waals surface area contributed by atoms with Crippen molar-refractivity contribution in [3.05, 3.63) is 47.8 Å². The molecule has 17 heavy (non-hydrogen) atoms. The molecule has 0 saturated heterocycles. The SMILES string of the molecule is Cc1ccncc1NCc1ccc(O)c(O)c1. The molecule has 0 unspecified atom stereocenters. The molecule has 1 heterocycles. The molecular formula is C13H14N2O2. The molecule has 2 aromatic rings. The minimum Gasteiger partial charge on any atom is -0.504 e. The summed E-state index contributed by atoms with van der Waals surface area (Å²) in [7, 11) is 0. The van der Waals surface area contributed by atoms with Crippen molar-refractivity contribution in [3.63, 3.8) is 0 Å². The Morgan fingerprint density at radius 2 is 2.00 bits per heavy atom. The van der Waals surface area contributed by atoms with Gasteiger partial charge >= 0.3 is 0 Å². The van der Waals surface area contributed by atoms with E-state index in [4.69, 9.17) is 0 Å². The van der Waals surface area contributed by atoms with Gasteiger partial charge in [-0.15, -0.1) is 0 Å². The van der Waals surface area contributed by atoms with Gasteiger partial charge in [0.2, 0.25) is 0 Å². The second-order valence-corrected chi connectivity index (χ2v) is 3.87. The number of nitrogens with one attached hydrogen (secondary N) is 1. The monoisotopic (exact) mass is 230 g/mol. The van der Waals surface area contributed by atoms with Crippen LogP contribution < -0.4 is 5.32 Å². The van der Waals surface area contributed by atoms with Crippen molar-refractivity contribution in [2.24, 2.45) is 0 Å². The second-order valence-electron chi connectivity index (χ2n) is 3.87. The molecule has 0 saturated carbocycles. The highest BCUT2D eigenvalue weighted by Gasteiger charge is 2.01. The van der Waals surface area contributed by atoms with Gasteiger partial charge in [0.1, 0.15) is 0 Å². The lowest BCUT2D eigenvalue weighted by Gasteiger charge is -2.09. The third-order valence-corrected chi connectivity index (χ3v) is 2.56. The standard InChI is InChI=1S/C13H14N2O2/c1-9-4-5-14-8-11(9)15-7-10-2-3-12(16)13(17)6-10/h2-6,8,15-17H,7H2,1H3. The van der Waals surface area contributed by atoms with E-state index in [1.807, 2.05) is 13.0 Å². The Bertz CT molecular complexity index is 527. The van der Waals surface area contributed by atoms with Gasteiger partial charge in [-0.2, -0.15) is 0 Å². The number of aromatic nitrogens is 1. The molecule has 0 amide bonds. The second kappa shape index (κ2) is 4.74. The summed E-state index contributed by atoms with van der Waals surface area (Å²) >= 11 is 0. The van der Waals surface area contributed by atoms with E-state index in [9.17, 15) is 10.2 Å². The summed E-state index contributed by atoms with van der Waals surface area (Å²) in [5, 5.41) is 21.8. The first-order chi connectivity index (χ1) is 8.16. The molecule has 0 aliphatic heterocycles. The van der Waals surface area contributed by atoms with Crippen LogP contribution in [0.3, 0.4) is 0 Å². The van der Waals surface area contributed by atoms with Crippen molar-refractivity contribution in [2.75, 3.05) is 5.32 Å². The van der Waals surface area contributed by atoms with Crippen LogP contribution in [0.5, 0.6) is 11.5 Å². The average molecular weight is 230 g/mol. The minimum atomic E-state index is -0.105. The smallest absolute Gasteiger partial charge is 0.157 e. The topological polar surface area (TPSA) is 65.4 Å². The molecule has 1 aromatic carbocycles. The molecule has 0 bridgehead atoms. The number of pyridine rings is 1. The number of aromatic hydroxyl groups is 2. The third kappa shape index (κ3) is 2.66. The Labute approximate surface area is 99.6 Å². The van der Waals surface area contributed by atoms with Crippen molar-refractivity contribution in [1.82, 2.24) is 4.98 Å². The number of nitrogens with zero attached hydrogens (tertiary/aromatic N) is 1. The van der Waals surface area contributed by atoms with Gasteiger partial charge in [0.15, 0.2) is 11.5 Å². The summed E-state index contributed by atoms with van der Waals surface area (Å²) < 4.78 is 0. The summed E-state index contributed by atoms with van der Waals surface area (Å²) in [6.45, 7) is 2.57. The first kappa shape index (κ1) is 11.3. The molecule has 0 aliphatic carbocycles. The van der Waals surface area contributed by atoms with Gasteiger partial charge in [-0.05, 0) is 36.2 Å². The molecular weight excluding hydrogens is 216 g/mol. The zero-order chi connectivity index (χ0) is 12.3. The number of rotatable bonds is 3. The number of hydrogen-bond acceptors (Lipinski definition) is 4. The minimum absolute atomic E-state index is 0.104. The highest BCUT2D eigenvalue weighted by Crippen LogP contribution is 2.25. The summed E-state index contributed by atoms with van der Waals surface area (Å²) in [6, 6.07) is 6.70. The third-order valence-electron chi connectivity index (χ3n) is 2.56. The fraction of sp³-hybridized carbons (Fsp3) is 0.154. The molecule has 0 atom stereocenters. The molecule has 4 heteroatoms. The lowest BCUT2D eigenvalue weighted by molar-refractivity contribution is 0.403. The van der Waals surface area contributed by atoms with Crippen LogP contribution in [0, 0.1) is 6.92 Å². The number of phenols is 2. The van der Waals surface area contributed by atoms with Crippen molar-refractivity contribution < 1.29 is 10.2 Å². The van der Waals surface area contributed by atoms with E-state index in [-0.39, 0.29) is 11.5 Å². The van der Waals surface area contributed by atoms with E-state index in [0.29, 0.717) is 6.54 Å². The predicted molar refractivity (Wildman–Crippen MR) is 66.1 cm³/mol. The normalized spacial score (nSPS) is 10.2. The van der Waals surface area contributed by atoms with Crippen LogP contribution in [0.25, 0.3) is 0 Å². The Kier molecular flexibility index (Phi) is 3.14. The summed E-state index contributed by atoms with van der Waals surface area (Å²) in [5.41, 5.74) is 2.96. The quantitative estimate of drug-likeness (QED) is 0.708. The van der Waals surface area contributed by atoms with Crippen molar-refractivity contribution in [3.8, 4) is 11.5 Å². The van der Waals surface area contributed by atoms with Gasteiger partial charge in [0.05, 0.1) is 11.9 Å². The Hall–Kier alpha value is -2.23. The first-order valence-electron chi connectivity index (χ1n) is 5.32. The van der Waals surface area contributed by atoms with E-state index in [2.05, 4.69) is 10.3 Å². The summed E-state index contributed by atoms with van der Waals surface area (Å²) in [4.78, 5) is 4.04. The van der Waals surface area contributed by atoms with Crippen molar-refractivity contribution >= 4 is 5.69 Å². The number of benzene rings is 1. The maximum atomic E-state index is 9.36. The maximum absolute atomic E-state index is 9.36. The number of anilines is 1. The first-order valence-corrected chi connectivity index (χ1v) is 5.32. The van der Waals surface area contributed by atoms with Crippen molar-refractivity contribution in [2.45, 2.75) is 13.5 Å². The van der Waals surface area contributed by atoms with Gasteiger partial charge in [0, 0.05) is 12.7 Å². The molecule has 88 valence electrons. The zero-order valence-electron chi connectivity index (χ0n) is 9.51. The fourth-order valence-corrected chi connectivity index (χ4v) is 1.53. The lowest BCUT2D eigenvalue weighted by atomic mass is 10.2. The van der Waals surface area contributed by atoms with Crippen molar-refractivity contribution in [1.29, 1.82) is 0 Å². The van der Waals surface area contributed by atoms with Crippen LogP contribution in [0.4, 0.5) is 5.69 Å². The molecule has 0 spiro atoms. The van der Waals surface area contributed by atoms with E-state index in [1.165, 1.54) is 12.1 Å². The molecule has 3 N–H and O–H groups in total. The summed E-state index contributed by atoms with van der Waals surface area (Å²) in [5.74, 6) is -0.210. The van der Waals surface area contributed by atoms with E-state index >= 15 is 0 Å². The molecule has 0 radical (unpaired) electrons. The van der Waals surface area contributed by atoms with E-state index in [0.717, 1.165) is 16.8 Å². The van der Waals surface area contributed by atoms with E-state index in [1.54, 1.807) is 18.5 Å². The Morgan fingerprint density at radius 1 is 1.18 bits per heavy atom. The highest BCUT2D eigenvalue weighted by atomic mass is 16.3. The van der Waals surface area contributed by atoms with Gasteiger partial charge < -0.3 is 15.5 Å². The zero-order valence-corrected chi connectivity index (χ0v) is 9.51. The van der Waals surface area contributed by atoms with Crippen LogP contribution in [0.2, 0.25) is 0 Å². The average Bonchev–Trinajstić information content (AvgIpc) is 2.32. The van der Waals surface area contributed by atoms with Gasteiger partial charge in [0.25, 0.3) is 0 Å². The molecule has 0 fully saturated rings.